The molecule has 1 saturated heterocycles. The molecule has 1 fully saturated rings. The van der Waals surface area contributed by atoms with Crippen molar-refractivity contribution < 1.29 is 18.7 Å². The van der Waals surface area contributed by atoms with E-state index in [1.807, 2.05) is 36.4 Å². The molecule has 10 nitrogen and oxygen atoms in total. The Morgan fingerprint density at radius 2 is 2.06 bits per heavy atom. The molecule has 190 valence electrons. The maximum atomic E-state index is 12.5. The van der Waals surface area contributed by atoms with Crippen LogP contribution in [0.1, 0.15) is 12.0 Å². The first kappa shape index (κ1) is 25.6. The Balaban J connectivity index is 1.43. The predicted molar refractivity (Wildman–Crippen MR) is 134 cm³/mol. The Bertz CT molecular complexity index is 1250. The van der Waals surface area contributed by atoms with Crippen LogP contribution in [0.15, 0.2) is 51.7 Å². The number of hydrogen-bond donors (Lipinski definition) is 3. The van der Waals surface area contributed by atoms with E-state index < -0.39 is 17.9 Å². The molecule has 3 aromatic rings. The topological polar surface area (TPSA) is 145 Å². The smallest absolute Gasteiger partial charge is 0.408 e. The van der Waals surface area contributed by atoms with Gasteiger partial charge in [0.05, 0.1) is 31.3 Å². The minimum absolute atomic E-state index is 0.277. The number of amides is 1. The molecule has 2 atom stereocenters. The Morgan fingerprint density at radius 1 is 1.25 bits per heavy atom. The number of ether oxygens (including phenoxy) is 2. The molecule has 4 N–H and O–H groups in total. The highest BCUT2D eigenvalue weighted by Crippen LogP contribution is 2.25. The highest BCUT2D eigenvalue weighted by Gasteiger charge is 2.23. The maximum Gasteiger partial charge on any atom is 0.420 e. The van der Waals surface area contributed by atoms with Gasteiger partial charge >= 0.3 is 5.76 Å². The van der Waals surface area contributed by atoms with Crippen molar-refractivity contribution in [3.05, 3.63) is 58.6 Å². The summed E-state index contributed by atoms with van der Waals surface area (Å²) in [6, 6.07) is 14.9. The lowest BCUT2D eigenvalue weighted by Gasteiger charge is -2.18. The van der Waals surface area contributed by atoms with Crippen LogP contribution in [0.2, 0.25) is 0 Å². The van der Waals surface area contributed by atoms with Crippen LogP contribution in [0, 0.1) is 11.3 Å². The first-order chi connectivity index (χ1) is 17.6. The minimum atomic E-state index is -0.659. The van der Waals surface area contributed by atoms with Crippen molar-refractivity contribution >= 4 is 17.0 Å². The molecule has 0 spiro atoms. The fourth-order valence-corrected chi connectivity index (χ4v) is 4.14. The van der Waals surface area contributed by atoms with E-state index >= 15 is 0 Å². The number of carbonyl (C=O) groups is 1. The lowest BCUT2D eigenvalue weighted by Crippen LogP contribution is -2.46. The van der Waals surface area contributed by atoms with Crippen LogP contribution >= 0.6 is 0 Å². The second-order valence-electron chi connectivity index (χ2n) is 8.61. The number of hydrogen-bond acceptors (Lipinski definition) is 8. The van der Waals surface area contributed by atoms with Crippen molar-refractivity contribution in [2.24, 2.45) is 5.73 Å². The zero-order chi connectivity index (χ0) is 25.3. The molecule has 36 heavy (non-hydrogen) atoms. The average Bonchev–Trinajstić information content (AvgIpc) is 3.05. The Morgan fingerprint density at radius 3 is 2.83 bits per heavy atom. The zero-order valence-corrected chi connectivity index (χ0v) is 20.1. The molecule has 1 aromatic heterocycles. The van der Waals surface area contributed by atoms with Gasteiger partial charge in [0, 0.05) is 26.1 Å². The van der Waals surface area contributed by atoms with E-state index in [1.54, 1.807) is 10.6 Å². The highest BCUT2D eigenvalue weighted by atomic mass is 16.5. The van der Waals surface area contributed by atoms with Crippen molar-refractivity contribution in [2.45, 2.75) is 31.5 Å². The lowest BCUT2D eigenvalue weighted by molar-refractivity contribution is -0.132. The number of nitrogens with one attached hydrogen (secondary N) is 2. The van der Waals surface area contributed by atoms with Crippen LogP contribution in [0.25, 0.3) is 22.2 Å². The van der Waals surface area contributed by atoms with Crippen LogP contribution < -0.4 is 22.1 Å². The predicted octanol–water partition coefficient (Wildman–Crippen LogP) is 1.17. The summed E-state index contributed by atoms with van der Waals surface area (Å²) < 4.78 is 17.9. The number of nitrogens with zero attached hydrogens (tertiary/aromatic N) is 2. The minimum Gasteiger partial charge on any atom is -0.408 e. The Hall–Kier alpha value is -3.49. The number of benzene rings is 2. The molecule has 10 heteroatoms. The maximum absolute atomic E-state index is 12.5. The summed E-state index contributed by atoms with van der Waals surface area (Å²) in [6.45, 7) is 3.37. The van der Waals surface area contributed by atoms with E-state index in [0.717, 1.165) is 29.7 Å². The van der Waals surface area contributed by atoms with Gasteiger partial charge in [-0.1, -0.05) is 30.3 Å². The first-order valence-electron chi connectivity index (χ1n) is 12.1. The number of oxazole rings is 1. The molecule has 2 heterocycles. The quantitative estimate of drug-likeness (QED) is 0.357. The second kappa shape index (κ2) is 12.5. The van der Waals surface area contributed by atoms with Gasteiger partial charge < -0.3 is 30.3 Å². The van der Waals surface area contributed by atoms with Gasteiger partial charge in [-0.15, -0.1) is 0 Å². The van der Waals surface area contributed by atoms with Crippen molar-refractivity contribution in [2.75, 3.05) is 39.5 Å². The zero-order valence-electron chi connectivity index (χ0n) is 20.1. The summed E-state index contributed by atoms with van der Waals surface area (Å²) in [6.07, 6.45) is 0.645. The number of carbonyl (C=O) groups excluding carboxylic acids is 1. The summed E-state index contributed by atoms with van der Waals surface area (Å²) in [4.78, 5) is 24.8. The molecule has 1 amide bonds. The van der Waals surface area contributed by atoms with Crippen molar-refractivity contribution in [3.63, 3.8) is 0 Å². The second-order valence-corrected chi connectivity index (χ2v) is 8.61. The van der Waals surface area contributed by atoms with Gasteiger partial charge in [0.25, 0.3) is 5.91 Å². The largest absolute Gasteiger partial charge is 0.420 e. The van der Waals surface area contributed by atoms with Crippen LogP contribution in [-0.2, 0) is 27.2 Å². The third-order valence-corrected chi connectivity index (χ3v) is 6.03. The van der Waals surface area contributed by atoms with Crippen LogP contribution in [0.3, 0.4) is 0 Å². The normalized spacial score (nSPS) is 16.8. The molecule has 1 aliphatic rings. The Kier molecular flexibility index (Phi) is 8.86. The third kappa shape index (κ3) is 6.38. The van der Waals surface area contributed by atoms with Crippen LogP contribution in [-0.4, -0.2) is 62.1 Å². The summed E-state index contributed by atoms with van der Waals surface area (Å²) in [5.41, 5.74) is 9.45. The van der Waals surface area contributed by atoms with Gasteiger partial charge in [0.2, 0.25) is 0 Å². The molecule has 2 aromatic carbocycles. The molecular weight excluding hydrogens is 462 g/mol. The van der Waals surface area contributed by atoms with Gasteiger partial charge in [-0.2, -0.15) is 5.26 Å². The summed E-state index contributed by atoms with van der Waals surface area (Å²) in [7, 11) is 0. The number of rotatable bonds is 10. The molecule has 1 aliphatic heterocycles. The third-order valence-electron chi connectivity index (χ3n) is 6.03. The fourth-order valence-electron chi connectivity index (χ4n) is 4.14. The standard InChI is InChI=1S/C26H31N5O5/c27-8-12-34-13-10-31-22-15-20(6-7-23(22)36-26(31)33)19-4-2-18(3-5-19)14-21(16-28)30-25(32)24-17-29-9-1-11-35-24/h2-7,15,21,24,29H,1,8-14,17,27H2,(H,30,32)/t21-,24-/m0/s1. The van der Waals surface area contributed by atoms with E-state index in [-0.39, 0.29) is 5.91 Å². The molecule has 0 saturated carbocycles. The molecule has 0 radical (unpaired) electrons. The van der Waals surface area contributed by atoms with Gasteiger partial charge in [-0.3, -0.25) is 9.36 Å². The van der Waals surface area contributed by atoms with E-state index in [2.05, 4.69) is 16.7 Å². The van der Waals surface area contributed by atoms with Gasteiger partial charge in [0.1, 0.15) is 12.1 Å². The first-order valence-corrected chi connectivity index (χ1v) is 12.1. The molecular formula is C26H31N5O5. The Labute approximate surface area is 209 Å². The fraction of sp³-hybridized carbons (Fsp3) is 0.423. The van der Waals surface area contributed by atoms with Gasteiger partial charge in [-0.25, -0.2) is 4.79 Å². The summed E-state index contributed by atoms with van der Waals surface area (Å²) in [5.74, 6) is -0.705. The molecule has 0 bridgehead atoms. The number of nitrogens with two attached hydrogens (primary N) is 1. The van der Waals surface area contributed by atoms with Crippen molar-refractivity contribution in [3.8, 4) is 17.2 Å². The molecule has 4 rings (SSSR count). The van der Waals surface area contributed by atoms with Crippen molar-refractivity contribution in [1.29, 1.82) is 5.26 Å². The van der Waals surface area contributed by atoms with Crippen LogP contribution in [0.4, 0.5) is 0 Å². The average molecular weight is 494 g/mol. The van der Waals surface area contributed by atoms with Crippen molar-refractivity contribution in [1.82, 2.24) is 15.2 Å². The number of nitriles is 1. The van der Waals surface area contributed by atoms with E-state index in [4.69, 9.17) is 19.6 Å². The van der Waals surface area contributed by atoms with E-state index in [9.17, 15) is 14.9 Å². The summed E-state index contributed by atoms with van der Waals surface area (Å²) in [5, 5.41) is 15.5. The number of aromatic nitrogens is 1. The van der Waals surface area contributed by atoms with E-state index in [1.165, 1.54) is 0 Å². The monoisotopic (exact) mass is 493 g/mol. The lowest BCUT2D eigenvalue weighted by atomic mass is 10.0. The van der Waals surface area contributed by atoms with Crippen LogP contribution in [0.5, 0.6) is 0 Å². The molecule has 0 aliphatic carbocycles. The van der Waals surface area contributed by atoms with Gasteiger partial charge in [-0.05, 0) is 41.8 Å². The molecule has 0 unspecified atom stereocenters. The number of fused-ring (bicyclic) bond motifs is 1. The SMILES string of the molecule is N#C[C@H](Cc1ccc(-c2ccc3oc(=O)n(CCOCCN)c3c2)cc1)NC(=O)[C@@H]1CNCCCO1. The van der Waals surface area contributed by atoms with E-state index in [0.29, 0.717) is 57.0 Å². The van der Waals surface area contributed by atoms with Gasteiger partial charge in [0.15, 0.2) is 5.58 Å². The summed E-state index contributed by atoms with van der Waals surface area (Å²) >= 11 is 0. The highest BCUT2D eigenvalue weighted by molar-refractivity contribution is 5.82.